The van der Waals surface area contributed by atoms with Crippen LogP contribution in [0.25, 0.3) is 0 Å². The third-order valence-corrected chi connectivity index (χ3v) is 6.70. The lowest BCUT2D eigenvalue weighted by molar-refractivity contribution is 0.0937. The van der Waals surface area contributed by atoms with Crippen LogP contribution in [0.2, 0.25) is 0 Å². The molecule has 0 aromatic heterocycles. The molecule has 0 spiro atoms. The molecule has 2 aliphatic rings. The maximum Gasteiger partial charge on any atom is 0.251 e. The minimum absolute atomic E-state index is 0.0633. The Morgan fingerprint density at radius 2 is 1.88 bits per heavy atom. The topological polar surface area (TPSA) is 59.6 Å². The van der Waals surface area contributed by atoms with Crippen molar-refractivity contribution in [3.63, 3.8) is 0 Å². The highest BCUT2D eigenvalue weighted by atomic mass is 16.5. The van der Waals surface area contributed by atoms with Gasteiger partial charge in [0.15, 0.2) is 0 Å². The first kappa shape index (κ1) is 22.2. The Morgan fingerprint density at radius 3 is 2.68 bits per heavy atom. The van der Waals surface area contributed by atoms with Gasteiger partial charge in [0, 0.05) is 30.8 Å². The molecule has 0 bridgehead atoms. The van der Waals surface area contributed by atoms with Crippen LogP contribution < -0.4 is 15.4 Å². The Hall–Kier alpha value is -3.57. The zero-order valence-electron chi connectivity index (χ0n) is 19.4. The zero-order valence-corrected chi connectivity index (χ0v) is 19.4. The number of carbonyl (C=O) groups is 1. The van der Waals surface area contributed by atoms with Crippen LogP contribution in [0.15, 0.2) is 84.9 Å². The number of allylic oxidation sites excluding steroid dienone is 2. The molecule has 3 aromatic carbocycles. The number of benzene rings is 3. The average Bonchev–Trinajstić information content (AvgIpc) is 3.38. The van der Waals surface area contributed by atoms with Gasteiger partial charge in [-0.3, -0.25) is 4.79 Å². The molecular formula is C29H30N2O3. The molecule has 2 N–H and O–H groups in total. The molecule has 1 aliphatic carbocycles. The molecule has 1 heterocycles. The molecule has 3 aromatic rings. The number of hydrogen-bond acceptors (Lipinski definition) is 4. The lowest BCUT2D eigenvalue weighted by Crippen LogP contribution is -2.30. The zero-order chi connectivity index (χ0) is 23.3. The molecule has 5 nitrogen and oxygen atoms in total. The summed E-state index contributed by atoms with van der Waals surface area (Å²) >= 11 is 0. The van der Waals surface area contributed by atoms with Crippen LogP contribution in [0.4, 0.5) is 5.69 Å². The van der Waals surface area contributed by atoms with E-state index in [0.717, 1.165) is 23.4 Å². The van der Waals surface area contributed by atoms with E-state index in [-0.39, 0.29) is 11.9 Å². The van der Waals surface area contributed by atoms with Gasteiger partial charge in [-0.2, -0.15) is 0 Å². The van der Waals surface area contributed by atoms with Gasteiger partial charge in [0.05, 0.1) is 12.6 Å². The molecule has 3 atom stereocenters. The first-order chi connectivity index (χ1) is 16.7. The lowest BCUT2D eigenvalue weighted by Gasteiger charge is -2.37. The number of carbonyl (C=O) groups excluding carboxylic acids is 1. The number of anilines is 1. The summed E-state index contributed by atoms with van der Waals surface area (Å²) in [7, 11) is 1.63. The number of ether oxygens (including phenoxy) is 2. The highest BCUT2D eigenvalue weighted by molar-refractivity contribution is 5.95. The van der Waals surface area contributed by atoms with Gasteiger partial charge in [0.1, 0.15) is 12.4 Å². The van der Waals surface area contributed by atoms with Crippen molar-refractivity contribution in [2.45, 2.75) is 25.0 Å². The molecule has 174 valence electrons. The molecule has 0 fully saturated rings. The van der Waals surface area contributed by atoms with Crippen LogP contribution in [0.5, 0.6) is 5.75 Å². The van der Waals surface area contributed by atoms with Crippen LogP contribution >= 0.6 is 0 Å². The summed E-state index contributed by atoms with van der Waals surface area (Å²) in [5, 5.41) is 6.66. The van der Waals surface area contributed by atoms with Crippen molar-refractivity contribution >= 4 is 11.6 Å². The lowest BCUT2D eigenvalue weighted by atomic mass is 9.76. The molecule has 1 aliphatic heterocycles. The fourth-order valence-corrected chi connectivity index (χ4v) is 4.95. The standard InChI is InChI=1S/C29H30N2O3/c1-33-17-16-30-29(32)22-12-15-27-26(18-22)24-8-5-9-25(24)28(31-27)21-10-13-23(14-11-21)34-19-20-6-3-2-4-7-20/h2-8,10-15,18,24-25,28,31H,9,16-17,19H2,1H3,(H,30,32). The second kappa shape index (κ2) is 10.1. The van der Waals surface area contributed by atoms with Crippen LogP contribution in [0.3, 0.4) is 0 Å². The minimum atomic E-state index is -0.0633. The van der Waals surface area contributed by atoms with Gasteiger partial charge >= 0.3 is 0 Å². The molecule has 0 radical (unpaired) electrons. The predicted molar refractivity (Wildman–Crippen MR) is 134 cm³/mol. The molecule has 1 amide bonds. The van der Waals surface area contributed by atoms with Crippen molar-refractivity contribution in [3.05, 3.63) is 107 Å². The maximum absolute atomic E-state index is 12.5. The number of hydrogen-bond donors (Lipinski definition) is 2. The summed E-state index contributed by atoms with van der Waals surface area (Å²) in [5.74, 6) is 1.51. The Kier molecular flexibility index (Phi) is 6.63. The van der Waals surface area contributed by atoms with Gasteiger partial charge in [-0.1, -0.05) is 54.6 Å². The number of methoxy groups -OCH3 is 1. The van der Waals surface area contributed by atoms with Crippen LogP contribution in [0, 0.1) is 5.92 Å². The van der Waals surface area contributed by atoms with E-state index < -0.39 is 0 Å². The summed E-state index contributed by atoms with van der Waals surface area (Å²) < 4.78 is 11.0. The van der Waals surface area contributed by atoms with Crippen molar-refractivity contribution in [1.82, 2.24) is 5.32 Å². The monoisotopic (exact) mass is 454 g/mol. The Bertz CT molecular complexity index is 1160. The van der Waals surface area contributed by atoms with Gasteiger partial charge in [-0.15, -0.1) is 0 Å². The highest BCUT2D eigenvalue weighted by Crippen LogP contribution is 2.50. The predicted octanol–water partition coefficient (Wildman–Crippen LogP) is 5.47. The summed E-state index contributed by atoms with van der Waals surface area (Å²) in [6.07, 6.45) is 5.57. The van der Waals surface area contributed by atoms with Crippen LogP contribution in [-0.2, 0) is 11.3 Å². The van der Waals surface area contributed by atoms with E-state index >= 15 is 0 Å². The molecule has 5 heteroatoms. The van der Waals surface area contributed by atoms with Crippen molar-refractivity contribution in [2.75, 3.05) is 25.6 Å². The quantitative estimate of drug-likeness (QED) is 0.350. The summed E-state index contributed by atoms with van der Waals surface area (Å²) in [4.78, 5) is 12.5. The maximum atomic E-state index is 12.5. The molecule has 5 rings (SSSR count). The number of rotatable bonds is 8. The Morgan fingerprint density at radius 1 is 1.06 bits per heavy atom. The number of fused-ring (bicyclic) bond motifs is 3. The summed E-state index contributed by atoms with van der Waals surface area (Å²) in [6.45, 7) is 1.57. The molecule has 34 heavy (non-hydrogen) atoms. The van der Waals surface area contributed by atoms with E-state index in [9.17, 15) is 4.79 Å². The molecule has 0 saturated heterocycles. The van der Waals surface area contributed by atoms with Crippen LogP contribution in [-0.4, -0.2) is 26.2 Å². The van der Waals surface area contributed by atoms with Gasteiger partial charge in [0.2, 0.25) is 0 Å². The third-order valence-electron chi connectivity index (χ3n) is 6.70. The first-order valence-electron chi connectivity index (χ1n) is 11.8. The third kappa shape index (κ3) is 4.70. The summed E-state index contributed by atoms with van der Waals surface area (Å²) in [5.41, 5.74) is 5.38. The van der Waals surface area contributed by atoms with Crippen molar-refractivity contribution in [2.24, 2.45) is 5.92 Å². The smallest absolute Gasteiger partial charge is 0.251 e. The minimum Gasteiger partial charge on any atom is -0.489 e. The van der Waals surface area contributed by atoms with Crippen molar-refractivity contribution in [3.8, 4) is 5.75 Å². The first-order valence-corrected chi connectivity index (χ1v) is 11.8. The second-order valence-corrected chi connectivity index (χ2v) is 8.87. The van der Waals surface area contributed by atoms with E-state index in [4.69, 9.17) is 9.47 Å². The Balaban J connectivity index is 1.31. The van der Waals surface area contributed by atoms with Gasteiger partial charge < -0.3 is 20.1 Å². The average molecular weight is 455 g/mol. The SMILES string of the molecule is COCCNC(=O)c1ccc2c(c1)C1C=CCC1C(c1ccc(OCc3ccccc3)cc1)N2. The fourth-order valence-electron chi connectivity index (χ4n) is 4.95. The largest absolute Gasteiger partial charge is 0.489 e. The molecule has 0 saturated carbocycles. The summed E-state index contributed by atoms with van der Waals surface area (Å²) in [6, 6.07) is 24.8. The van der Waals surface area contributed by atoms with Crippen molar-refractivity contribution in [1.29, 1.82) is 0 Å². The molecular weight excluding hydrogens is 424 g/mol. The van der Waals surface area contributed by atoms with E-state index in [1.165, 1.54) is 11.1 Å². The normalized spacial score (nSPS) is 20.2. The van der Waals surface area contributed by atoms with E-state index in [2.05, 4.69) is 59.2 Å². The van der Waals surface area contributed by atoms with Gasteiger partial charge in [0.25, 0.3) is 5.91 Å². The highest BCUT2D eigenvalue weighted by Gasteiger charge is 2.38. The van der Waals surface area contributed by atoms with Gasteiger partial charge in [-0.05, 0) is 59.4 Å². The second-order valence-electron chi connectivity index (χ2n) is 8.87. The van der Waals surface area contributed by atoms with Crippen LogP contribution in [0.1, 0.15) is 45.4 Å². The van der Waals surface area contributed by atoms with E-state index in [0.29, 0.717) is 37.2 Å². The Labute approximate surface area is 200 Å². The van der Waals surface area contributed by atoms with Gasteiger partial charge in [-0.25, -0.2) is 0 Å². The van der Waals surface area contributed by atoms with Crippen molar-refractivity contribution < 1.29 is 14.3 Å². The number of amides is 1. The van der Waals surface area contributed by atoms with E-state index in [1.807, 2.05) is 36.4 Å². The fraction of sp³-hybridized carbons (Fsp3) is 0.276. The number of nitrogens with one attached hydrogen (secondary N) is 2. The molecule has 3 unspecified atom stereocenters. The van der Waals surface area contributed by atoms with E-state index in [1.54, 1.807) is 7.11 Å².